The Kier molecular flexibility index (Phi) is 6.65. The highest BCUT2D eigenvalue weighted by molar-refractivity contribution is 6.04. The Bertz CT molecular complexity index is 767. The van der Waals surface area contributed by atoms with Crippen LogP contribution in [0.3, 0.4) is 0 Å². The van der Waals surface area contributed by atoms with E-state index in [9.17, 15) is 4.79 Å². The largest absolute Gasteiger partial charge is 0.379 e. The van der Waals surface area contributed by atoms with Crippen LogP contribution in [0.1, 0.15) is 28.4 Å². The number of aryl methyl sites for hydroxylation is 1. The van der Waals surface area contributed by atoms with Crippen molar-refractivity contribution in [1.29, 1.82) is 0 Å². The average molecular weight is 381 g/mol. The van der Waals surface area contributed by atoms with Gasteiger partial charge < -0.3 is 4.74 Å². The predicted molar refractivity (Wildman–Crippen MR) is 114 cm³/mol. The van der Waals surface area contributed by atoms with Crippen LogP contribution in [0, 0.1) is 12.8 Å². The molecule has 1 heterocycles. The molecule has 4 nitrogen and oxygen atoms in total. The number of ether oxygens (including phenoxy) is 1. The highest BCUT2D eigenvalue weighted by Gasteiger charge is 2.47. The van der Waals surface area contributed by atoms with E-state index in [0.717, 1.165) is 44.0 Å². The van der Waals surface area contributed by atoms with E-state index in [1.54, 1.807) is 0 Å². The van der Waals surface area contributed by atoms with Crippen LogP contribution in [-0.4, -0.2) is 62.5 Å². The molecular formula is C24H32N2O2. The summed E-state index contributed by atoms with van der Waals surface area (Å²) >= 11 is 0. The van der Waals surface area contributed by atoms with E-state index < -0.39 is 5.54 Å². The molecular weight excluding hydrogens is 348 g/mol. The summed E-state index contributed by atoms with van der Waals surface area (Å²) in [5.74, 6) is 0.263. The van der Waals surface area contributed by atoms with Crippen LogP contribution >= 0.6 is 0 Å². The molecule has 1 aliphatic rings. The minimum atomic E-state index is -0.729. The topological polar surface area (TPSA) is 32.8 Å². The number of likely N-dealkylation sites (N-methyl/N-ethyl adjacent to an activating group) is 1. The summed E-state index contributed by atoms with van der Waals surface area (Å²) < 4.78 is 5.51. The zero-order valence-corrected chi connectivity index (χ0v) is 17.5. The summed E-state index contributed by atoms with van der Waals surface area (Å²) in [4.78, 5) is 18.5. The van der Waals surface area contributed by atoms with Gasteiger partial charge in [0.15, 0.2) is 5.78 Å². The van der Waals surface area contributed by atoms with Crippen LogP contribution in [-0.2, 0) is 10.3 Å². The molecule has 2 atom stereocenters. The van der Waals surface area contributed by atoms with Crippen molar-refractivity contribution in [2.24, 2.45) is 5.92 Å². The summed E-state index contributed by atoms with van der Waals surface area (Å²) in [6.45, 7) is 8.50. The molecule has 0 saturated carbocycles. The van der Waals surface area contributed by atoms with Crippen molar-refractivity contribution in [1.82, 2.24) is 9.80 Å². The van der Waals surface area contributed by atoms with Gasteiger partial charge in [-0.05, 0) is 32.5 Å². The van der Waals surface area contributed by atoms with Crippen molar-refractivity contribution in [3.8, 4) is 0 Å². The number of hydrogen-bond acceptors (Lipinski definition) is 4. The zero-order chi connectivity index (χ0) is 20.1. The van der Waals surface area contributed by atoms with E-state index in [0.29, 0.717) is 0 Å². The molecule has 1 saturated heterocycles. The maximum absolute atomic E-state index is 14.0. The molecule has 0 spiro atoms. The van der Waals surface area contributed by atoms with Gasteiger partial charge in [0.05, 0.1) is 13.2 Å². The van der Waals surface area contributed by atoms with Crippen molar-refractivity contribution in [3.63, 3.8) is 0 Å². The fraction of sp³-hybridized carbons (Fsp3) is 0.458. The van der Waals surface area contributed by atoms with Crippen LogP contribution in [0.5, 0.6) is 0 Å². The molecule has 0 amide bonds. The summed E-state index contributed by atoms with van der Waals surface area (Å²) in [7, 11) is 4.05. The van der Waals surface area contributed by atoms with Gasteiger partial charge in [0.25, 0.3) is 0 Å². The van der Waals surface area contributed by atoms with Gasteiger partial charge in [-0.3, -0.25) is 14.6 Å². The molecule has 4 heteroatoms. The number of carbonyl (C=O) groups is 1. The fourth-order valence-corrected chi connectivity index (χ4v) is 4.46. The molecule has 0 aromatic heterocycles. The predicted octanol–water partition coefficient (Wildman–Crippen LogP) is 3.60. The van der Waals surface area contributed by atoms with E-state index >= 15 is 0 Å². The average Bonchev–Trinajstić information content (AvgIpc) is 2.71. The van der Waals surface area contributed by atoms with Gasteiger partial charge in [-0.1, -0.05) is 67.1 Å². The van der Waals surface area contributed by atoms with Gasteiger partial charge in [-0.2, -0.15) is 0 Å². The fourth-order valence-electron chi connectivity index (χ4n) is 4.46. The van der Waals surface area contributed by atoms with Crippen molar-refractivity contribution in [3.05, 3.63) is 71.3 Å². The first kappa shape index (κ1) is 20.7. The van der Waals surface area contributed by atoms with E-state index in [4.69, 9.17) is 4.74 Å². The first-order valence-electron chi connectivity index (χ1n) is 10.1. The van der Waals surface area contributed by atoms with Gasteiger partial charge in [0, 0.05) is 25.2 Å². The molecule has 2 aromatic carbocycles. The Morgan fingerprint density at radius 2 is 1.68 bits per heavy atom. The Labute approximate surface area is 169 Å². The summed E-state index contributed by atoms with van der Waals surface area (Å²) in [5, 5.41) is 0. The van der Waals surface area contributed by atoms with Gasteiger partial charge in [0.2, 0.25) is 0 Å². The lowest BCUT2D eigenvalue weighted by molar-refractivity contribution is 0.00824. The summed E-state index contributed by atoms with van der Waals surface area (Å²) in [5.41, 5.74) is 2.28. The minimum absolute atomic E-state index is 0.107. The Morgan fingerprint density at radius 1 is 1.07 bits per heavy atom. The Morgan fingerprint density at radius 3 is 2.25 bits per heavy atom. The molecule has 2 unspecified atom stereocenters. The number of rotatable bonds is 7. The summed E-state index contributed by atoms with van der Waals surface area (Å²) in [6, 6.07) is 18.1. The Balaban J connectivity index is 2.07. The van der Waals surface area contributed by atoms with Crippen molar-refractivity contribution in [2.45, 2.75) is 19.4 Å². The van der Waals surface area contributed by atoms with E-state index in [2.05, 4.69) is 47.9 Å². The number of nitrogens with zero attached hydrogens (tertiary/aromatic N) is 2. The van der Waals surface area contributed by atoms with Crippen molar-refractivity contribution < 1.29 is 9.53 Å². The molecule has 1 fully saturated rings. The van der Waals surface area contributed by atoms with Crippen LogP contribution < -0.4 is 0 Å². The number of ketones is 1. The van der Waals surface area contributed by atoms with E-state index in [1.165, 1.54) is 5.56 Å². The normalized spacial score (nSPS) is 18.6. The van der Waals surface area contributed by atoms with Crippen LogP contribution in [0.25, 0.3) is 0 Å². The molecule has 28 heavy (non-hydrogen) atoms. The molecule has 2 aromatic rings. The lowest BCUT2D eigenvalue weighted by Gasteiger charge is -2.45. The van der Waals surface area contributed by atoms with Gasteiger partial charge in [-0.25, -0.2) is 0 Å². The second-order valence-electron chi connectivity index (χ2n) is 8.04. The Hall–Kier alpha value is -2.01. The third-order valence-electron chi connectivity index (χ3n) is 5.93. The molecule has 3 rings (SSSR count). The maximum Gasteiger partial charge on any atom is 0.187 e. The van der Waals surface area contributed by atoms with Gasteiger partial charge >= 0.3 is 0 Å². The van der Waals surface area contributed by atoms with E-state index in [1.807, 2.05) is 44.4 Å². The molecule has 150 valence electrons. The third-order valence-corrected chi connectivity index (χ3v) is 5.93. The highest BCUT2D eigenvalue weighted by Crippen LogP contribution is 2.39. The first-order valence-corrected chi connectivity index (χ1v) is 10.1. The smallest absolute Gasteiger partial charge is 0.187 e. The highest BCUT2D eigenvalue weighted by atomic mass is 16.5. The minimum Gasteiger partial charge on any atom is -0.379 e. The number of Topliss-reactive ketones (excluding diaryl/α,β-unsaturated/α-hetero) is 1. The standard InChI is InChI=1S/C24H32N2O2/c1-19-10-12-22(13-11-19)24(25(3)4,23(27)21-8-6-5-7-9-21)20(2)18-26-14-16-28-17-15-26/h5-13,20H,14-18H2,1-4H3. The number of carbonyl (C=O) groups excluding carboxylic acids is 1. The van der Waals surface area contributed by atoms with Gasteiger partial charge in [-0.15, -0.1) is 0 Å². The van der Waals surface area contributed by atoms with Crippen LogP contribution in [0.4, 0.5) is 0 Å². The monoisotopic (exact) mass is 380 g/mol. The molecule has 0 bridgehead atoms. The molecule has 0 N–H and O–H groups in total. The SMILES string of the molecule is Cc1ccc(C(C(=O)c2ccccc2)(C(C)CN2CCOCC2)N(C)C)cc1. The van der Waals surface area contributed by atoms with Crippen molar-refractivity contribution >= 4 is 5.78 Å². The quantitative estimate of drug-likeness (QED) is 0.687. The van der Waals surface area contributed by atoms with E-state index in [-0.39, 0.29) is 11.7 Å². The number of benzene rings is 2. The summed E-state index contributed by atoms with van der Waals surface area (Å²) in [6.07, 6.45) is 0. The number of hydrogen-bond donors (Lipinski definition) is 0. The lowest BCUT2D eigenvalue weighted by Crippen LogP contribution is -2.56. The first-order chi connectivity index (χ1) is 13.5. The lowest BCUT2D eigenvalue weighted by atomic mass is 9.72. The van der Waals surface area contributed by atoms with Crippen LogP contribution in [0.15, 0.2) is 54.6 Å². The molecule has 0 radical (unpaired) electrons. The zero-order valence-electron chi connectivity index (χ0n) is 17.5. The maximum atomic E-state index is 14.0. The van der Waals surface area contributed by atoms with Crippen LogP contribution in [0.2, 0.25) is 0 Å². The molecule has 1 aliphatic heterocycles. The number of morpholine rings is 1. The second kappa shape index (κ2) is 8.99. The van der Waals surface area contributed by atoms with Crippen molar-refractivity contribution in [2.75, 3.05) is 46.9 Å². The second-order valence-corrected chi connectivity index (χ2v) is 8.04. The van der Waals surface area contributed by atoms with Gasteiger partial charge in [0.1, 0.15) is 5.54 Å². The third kappa shape index (κ3) is 4.04. The molecule has 0 aliphatic carbocycles.